The van der Waals surface area contributed by atoms with E-state index in [-0.39, 0.29) is 0 Å². The van der Waals surface area contributed by atoms with E-state index in [1.165, 1.54) is 9.75 Å². The first-order valence-corrected chi connectivity index (χ1v) is 9.83. The topological polar surface area (TPSA) is 35.9 Å². The number of hydrogen-bond acceptors (Lipinski definition) is 5. The van der Waals surface area contributed by atoms with Crippen molar-refractivity contribution in [3.05, 3.63) is 57.8 Å². The van der Waals surface area contributed by atoms with E-state index in [0.29, 0.717) is 6.54 Å². The smallest absolute Gasteiger partial charge is 0.0917 e. The fourth-order valence-corrected chi connectivity index (χ4v) is 4.09. The van der Waals surface area contributed by atoms with Crippen molar-refractivity contribution in [3.8, 4) is 0 Å². The number of aliphatic hydroxyl groups is 1. The number of aliphatic hydroxyl groups excluding tert-OH is 1. The number of aryl methyl sites for hydroxylation is 1. The van der Waals surface area contributed by atoms with Gasteiger partial charge in [-0.25, -0.2) is 0 Å². The molecule has 136 valence electrons. The lowest BCUT2D eigenvalue weighted by atomic mass is 10.1. The van der Waals surface area contributed by atoms with E-state index in [2.05, 4.69) is 28.9 Å². The molecular weight excluding hydrogens is 332 g/mol. The minimum absolute atomic E-state index is 0.452. The van der Waals surface area contributed by atoms with Crippen LogP contribution in [0, 0.1) is 6.92 Å². The molecule has 0 bridgehead atoms. The Bertz CT molecular complexity index is 626. The Morgan fingerprint density at radius 3 is 2.60 bits per heavy atom. The van der Waals surface area contributed by atoms with E-state index in [0.717, 1.165) is 51.5 Å². The monoisotopic (exact) mass is 360 g/mol. The summed E-state index contributed by atoms with van der Waals surface area (Å²) in [7, 11) is 0. The molecule has 0 saturated carbocycles. The molecule has 1 aromatic heterocycles. The van der Waals surface area contributed by atoms with E-state index in [4.69, 9.17) is 4.74 Å². The van der Waals surface area contributed by atoms with Gasteiger partial charge in [0.15, 0.2) is 0 Å². The second kappa shape index (κ2) is 9.46. The summed E-state index contributed by atoms with van der Waals surface area (Å²) in [5.41, 5.74) is 0.987. The van der Waals surface area contributed by atoms with Gasteiger partial charge >= 0.3 is 0 Å². The highest BCUT2D eigenvalue weighted by atomic mass is 32.1. The molecule has 1 atom stereocenters. The van der Waals surface area contributed by atoms with Crippen molar-refractivity contribution in [2.45, 2.75) is 19.6 Å². The lowest BCUT2D eigenvalue weighted by Gasteiger charge is -2.31. The standard InChI is InChI=1S/C20H28N2O2S/c1-17-7-8-19(25-17)15-22(10-9-21-11-13-24-14-12-21)16-20(23)18-5-3-2-4-6-18/h2-8,20,23H,9-16H2,1H3. The largest absolute Gasteiger partial charge is 0.387 e. The van der Waals surface area contributed by atoms with Gasteiger partial charge in [-0.1, -0.05) is 30.3 Å². The maximum Gasteiger partial charge on any atom is 0.0917 e. The first-order valence-electron chi connectivity index (χ1n) is 9.01. The molecular formula is C20H28N2O2S. The van der Waals surface area contributed by atoms with Crippen molar-refractivity contribution in [2.24, 2.45) is 0 Å². The van der Waals surface area contributed by atoms with Gasteiger partial charge in [0.2, 0.25) is 0 Å². The summed E-state index contributed by atoms with van der Waals surface area (Å²) in [5, 5.41) is 10.6. The van der Waals surface area contributed by atoms with Crippen molar-refractivity contribution in [3.63, 3.8) is 0 Å². The van der Waals surface area contributed by atoms with Crippen molar-refractivity contribution in [1.29, 1.82) is 0 Å². The molecule has 1 aromatic carbocycles. The van der Waals surface area contributed by atoms with E-state index in [1.807, 2.05) is 41.7 Å². The Hall–Kier alpha value is -1.24. The van der Waals surface area contributed by atoms with Crippen LogP contribution in [0.5, 0.6) is 0 Å². The van der Waals surface area contributed by atoms with Gasteiger partial charge in [-0.05, 0) is 24.6 Å². The predicted molar refractivity (Wildman–Crippen MR) is 103 cm³/mol. The zero-order valence-electron chi connectivity index (χ0n) is 14.9. The van der Waals surface area contributed by atoms with Gasteiger partial charge in [0, 0.05) is 49.0 Å². The summed E-state index contributed by atoms with van der Waals surface area (Å²) in [6.45, 7) is 9.35. The first kappa shape index (κ1) is 18.5. The van der Waals surface area contributed by atoms with Crippen LogP contribution >= 0.6 is 11.3 Å². The number of benzene rings is 1. The predicted octanol–water partition coefficient (Wildman–Crippen LogP) is 2.92. The molecule has 5 heteroatoms. The van der Waals surface area contributed by atoms with E-state index in [9.17, 15) is 5.11 Å². The molecule has 1 aliphatic heterocycles. The van der Waals surface area contributed by atoms with Crippen molar-refractivity contribution >= 4 is 11.3 Å². The molecule has 25 heavy (non-hydrogen) atoms. The van der Waals surface area contributed by atoms with E-state index >= 15 is 0 Å². The summed E-state index contributed by atoms with van der Waals surface area (Å²) in [6, 6.07) is 14.3. The lowest BCUT2D eigenvalue weighted by molar-refractivity contribution is 0.0292. The molecule has 1 N–H and O–H groups in total. The molecule has 1 saturated heterocycles. The SMILES string of the molecule is Cc1ccc(CN(CCN2CCOCC2)CC(O)c2ccccc2)s1. The molecule has 2 heterocycles. The van der Waals surface area contributed by atoms with Crippen LogP contribution in [0.1, 0.15) is 21.4 Å². The number of thiophene rings is 1. The average molecular weight is 361 g/mol. The van der Waals surface area contributed by atoms with Gasteiger partial charge in [-0.15, -0.1) is 11.3 Å². The molecule has 1 aliphatic rings. The fraction of sp³-hybridized carbons (Fsp3) is 0.500. The summed E-state index contributed by atoms with van der Waals surface area (Å²) in [5.74, 6) is 0. The van der Waals surface area contributed by atoms with Gasteiger partial charge in [0.05, 0.1) is 19.3 Å². The van der Waals surface area contributed by atoms with Crippen LogP contribution in [0.3, 0.4) is 0 Å². The average Bonchev–Trinajstić information content (AvgIpc) is 3.06. The number of ether oxygens (including phenoxy) is 1. The quantitative estimate of drug-likeness (QED) is 0.785. The Labute approximate surface area is 154 Å². The maximum absolute atomic E-state index is 10.6. The summed E-state index contributed by atoms with van der Waals surface area (Å²) >= 11 is 1.84. The second-order valence-corrected chi connectivity index (χ2v) is 8.00. The molecule has 3 rings (SSSR count). The molecule has 0 spiro atoms. The van der Waals surface area contributed by atoms with Crippen LogP contribution in [0.4, 0.5) is 0 Å². The highest BCUT2D eigenvalue weighted by molar-refractivity contribution is 7.11. The van der Waals surface area contributed by atoms with Crippen LogP contribution in [0.15, 0.2) is 42.5 Å². The van der Waals surface area contributed by atoms with Crippen molar-refractivity contribution in [2.75, 3.05) is 45.9 Å². The van der Waals surface area contributed by atoms with Crippen LogP contribution in [-0.2, 0) is 11.3 Å². The number of nitrogens with zero attached hydrogens (tertiary/aromatic N) is 2. The second-order valence-electron chi connectivity index (χ2n) is 6.63. The third kappa shape index (κ3) is 5.90. The Morgan fingerprint density at radius 1 is 1.16 bits per heavy atom. The van der Waals surface area contributed by atoms with Crippen LogP contribution < -0.4 is 0 Å². The van der Waals surface area contributed by atoms with Gasteiger partial charge in [0.1, 0.15) is 0 Å². The number of rotatable bonds is 8. The Kier molecular flexibility index (Phi) is 7.02. The molecule has 0 radical (unpaired) electrons. The Balaban J connectivity index is 1.60. The maximum atomic E-state index is 10.6. The summed E-state index contributed by atoms with van der Waals surface area (Å²) in [6.07, 6.45) is -0.452. The summed E-state index contributed by atoms with van der Waals surface area (Å²) in [4.78, 5) is 7.52. The van der Waals surface area contributed by atoms with Crippen molar-refractivity contribution < 1.29 is 9.84 Å². The number of hydrogen-bond donors (Lipinski definition) is 1. The summed E-state index contributed by atoms with van der Waals surface area (Å²) < 4.78 is 5.43. The molecule has 0 amide bonds. The third-order valence-electron chi connectivity index (χ3n) is 4.63. The normalized spacial score (nSPS) is 17.1. The van der Waals surface area contributed by atoms with Crippen LogP contribution in [0.25, 0.3) is 0 Å². The van der Waals surface area contributed by atoms with Crippen LogP contribution in [-0.4, -0.2) is 60.8 Å². The molecule has 1 unspecified atom stereocenters. The lowest BCUT2D eigenvalue weighted by Crippen LogP contribution is -2.42. The molecule has 1 fully saturated rings. The highest BCUT2D eigenvalue weighted by Gasteiger charge is 2.17. The molecule has 2 aromatic rings. The van der Waals surface area contributed by atoms with Gasteiger partial charge in [-0.3, -0.25) is 9.80 Å². The minimum atomic E-state index is -0.452. The fourth-order valence-electron chi connectivity index (χ4n) is 3.16. The Morgan fingerprint density at radius 2 is 1.92 bits per heavy atom. The van der Waals surface area contributed by atoms with Crippen LogP contribution in [0.2, 0.25) is 0 Å². The molecule has 4 nitrogen and oxygen atoms in total. The van der Waals surface area contributed by atoms with Gasteiger partial charge < -0.3 is 9.84 Å². The first-order chi connectivity index (χ1) is 12.2. The third-order valence-corrected chi connectivity index (χ3v) is 5.61. The van der Waals surface area contributed by atoms with Crippen molar-refractivity contribution in [1.82, 2.24) is 9.80 Å². The highest BCUT2D eigenvalue weighted by Crippen LogP contribution is 2.20. The van der Waals surface area contributed by atoms with Gasteiger partial charge in [0.25, 0.3) is 0 Å². The van der Waals surface area contributed by atoms with Gasteiger partial charge in [-0.2, -0.15) is 0 Å². The molecule has 0 aliphatic carbocycles. The zero-order chi connectivity index (χ0) is 17.5. The number of morpholine rings is 1. The zero-order valence-corrected chi connectivity index (χ0v) is 15.8. The minimum Gasteiger partial charge on any atom is -0.387 e. The van der Waals surface area contributed by atoms with E-state index < -0.39 is 6.10 Å². The van der Waals surface area contributed by atoms with E-state index in [1.54, 1.807) is 0 Å².